The van der Waals surface area contributed by atoms with Gasteiger partial charge in [0.25, 0.3) is 5.91 Å². The molecule has 1 aromatic carbocycles. The average molecular weight is 290 g/mol. The number of β-amino-alcohol motifs (C(OH)–C–C–N with tert-alkyl or cyclic N) is 1. The topological polar surface area (TPSA) is 107 Å². The van der Waals surface area contributed by atoms with Gasteiger partial charge in [0.1, 0.15) is 6.04 Å². The van der Waals surface area contributed by atoms with Crippen molar-refractivity contribution in [2.75, 3.05) is 11.9 Å². The Morgan fingerprint density at radius 3 is 2.81 bits per heavy atom. The molecule has 1 unspecified atom stereocenters. The van der Waals surface area contributed by atoms with Gasteiger partial charge in [-0.3, -0.25) is 9.59 Å². The summed E-state index contributed by atoms with van der Waals surface area (Å²) in [5.74, 6) is -1.70. The normalized spacial score (nSPS) is 23.9. The Balaban J connectivity index is 1.87. The lowest BCUT2D eigenvalue weighted by Crippen LogP contribution is -2.40. The van der Waals surface area contributed by atoms with Crippen molar-refractivity contribution in [3.63, 3.8) is 0 Å². The summed E-state index contributed by atoms with van der Waals surface area (Å²) in [5, 5.41) is 21.4. The van der Waals surface area contributed by atoms with E-state index in [1.54, 1.807) is 18.2 Å². The lowest BCUT2D eigenvalue weighted by Gasteiger charge is -2.21. The summed E-state index contributed by atoms with van der Waals surface area (Å²) in [4.78, 5) is 36.1. The van der Waals surface area contributed by atoms with Gasteiger partial charge in [-0.15, -0.1) is 0 Å². The minimum absolute atomic E-state index is 0.00403. The molecule has 2 aliphatic heterocycles. The maximum absolute atomic E-state index is 12.4. The van der Waals surface area contributed by atoms with E-state index < -0.39 is 24.0 Å². The Morgan fingerprint density at radius 1 is 1.33 bits per heavy atom. The number of likely N-dealkylation sites (tertiary alicyclic amines) is 1. The van der Waals surface area contributed by atoms with Crippen molar-refractivity contribution in [2.24, 2.45) is 0 Å². The summed E-state index contributed by atoms with van der Waals surface area (Å²) in [6.45, 7) is 0.00403. The molecule has 0 spiro atoms. The highest BCUT2D eigenvalue weighted by Gasteiger charge is 2.39. The fourth-order valence-electron chi connectivity index (χ4n) is 2.80. The van der Waals surface area contributed by atoms with Crippen molar-refractivity contribution in [2.45, 2.75) is 25.0 Å². The molecule has 0 aromatic heterocycles. The SMILES string of the molecule is O=C1Cc2cc(C(=O)N3CC(O)C[C@H]3C(=O)O)ccc2N1. The molecular weight excluding hydrogens is 276 g/mol. The summed E-state index contributed by atoms with van der Waals surface area (Å²) in [6.07, 6.45) is -0.583. The van der Waals surface area contributed by atoms with E-state index in [4.69, 9.17) is 5.11 Å². The van der Waals surface area contributed by atoms with Crippen molar-refractivity contribution in [1.29, 1.82) is 0 Å². The molecule has 2 aliphatic rings. The molecule has 2 heterocycles. The van der Waals surface area contributed by atoms with E-state index in [9.17, 15) is 19.5 Å². The van der Waals surface area contributed by atoms with E-state index in [0.717, 1.165) is 5.56 Å². The third kappa shape index (κ3) is 2.36. The standard InChI is InChI=1S/C14H14N2O5/c17-9-5-11(14(20)21)16(6-9)13(19)7-1-2-10-8(3-7)4-12(18)15-10/h1-3,9,11,17H,4-6H2,(H,15,18)(H,20,21)/t9?,11-/m0/s1. The zero-order chi connectivity index (χ0) is 15.1. The number of rotatable bonds is 2. The molecule has 2 amide bonds. The van der Waals surface area contributed by atoms with E-state index in [2.05, 4.69) is 5.32 Å². The summed E-state index contributed by atoms with van der Waals surface area (Å²) in [7, 11) is 0. The quantitative estimate of drug-likeness (QED) is 0.701. The van der Waals surface area contributed by atoms with Crippen molar-refractivity contribution in [3.8, 4) is 0 Å². The van der Waals surface area contributed by atoms with E-state index in [1.165, 1.54) is 4.90 Å². The second-order valence-corrected chi connectivity index (χ2v) is 5.30. The van der Waals surface area contributed by atoms with Crippen LogP contribution >= 0.6 is 0 Å². The number of carbonyl (C=O) groups excluding carboxylic acids is 2. The first-order valence-electron chi connectivity index (χ1n) is 6.60. The van der Waals surface area contributed by atoms with E-state index >= 15 is 0 Å². The molecule has 0 saturated carbocycles. The monoisotopic (exact) mass is 290 g/mol. The molecule has 1 fully saturated rings. The third-order valence-corrected chi connectivity index (χ3v) is 3.80. The zero-order valence-corrected chi connectivity index (χ0v) is 11.1. The highest BCUT2D eigenvalue weighted by Crippen LogP contribution is 2.26. The van der Waals surface area contributed by atoms with Crippen LogP contribution in [0.1, 0.15) is 22.3 Å². The van der Waals surface area contributed by atoms with Crippen LogP contribution in [0.25, 0.3) is 0 Å². The minimum Gasteiger partial charge on any atom is -0.480 e. The van der Waals surface area contributed by atoms with Crippen LogP contribution in [0.15, 0.2) is 18.2 Å². The van der Waals surface area contributed by atoms with Gasteiger partial charge in [0.15, 0.2) is 0 Å². The van der Waals surface area contributed by atoms with Gasteiger partial charge in [-0.05, 0) is 23.8 Å². The molecular formula is C14H14N2O5. The third-order valence-electron chi connectivity index (χ3n) is 3.80. The smallest absolute Gasteiger partial charge is 0.326 e. The van der Waals surface area contributed by atoms with Gasteiger partial charge in [0.2, 0.25) is 5.91 Å². The zero-order valence-electron chi connectivity index (χ0n) is 11.1. The summed E-state index contributed by atoms with van der Waals surface area (Å²) >= 11 is 0. The Bertz CT molecular complexity index is 642. The molecule has 2 atom stereocenters. The number of aliphatic hydroxyl groups is 1. The maximum Gasteiger partial charge on any atom is 0.326 e. The Morgan fingerprint density at radius 2 is 2.10 bits per heavy atom. The van der Waals surface area contributed by atoms with Crippen LogP contribution in [-0.4, -0.2) is 51.6 Å². The maximum atomic E-state index is 12.4. The van der Waals surface area contributed by atoms with Gasteiger partial charge in [0, 0.05) is 24.2 Å². The number of carbonyl (C=O) groups is 3. The van der Waals surface area contributed by atoms with Crippen molar-refractivity contribution >= 4 is 23.5 Å². The fourth-order valence-corrected chi connectivity index (χ4v) is 2.80. The summed E-state index contributed by atoms with van der Waals surface area (Å²) in [6, 6.07) is 3.77. The van der Waals surface area contributed by atoms with Gasteiger partial charge in [-0.2, -0.15) is 0 Å². The van der Waals surface area contributed by atoms with Crippen molar-refractivity contribution in [1.82, 2.24) is 4.90 Å². The molecule has 1 aromatic rings. The first kappa shape index (κ1) is 13.6. The number of carboxylic acid groups (broad SMARTS) is 1. The Hall–Kier alpha value is -2.41. The van der Waals surface area contributed by atoms with E-state index in [-0.39, 0.29) is 25.3 Å². The minimum atomic E-state index is -1.13. The second-order valence-electron chi connectivity index (χ2n) is 5.30. The van der Waals surface area contributed by atoms with Gasteiger partial charge in [-0.25, -0.2) is 4.79 Å². The van der Waals surface area contributed by atoms with Crippen LogP contribution in [0.5, 0.6) is 0 Å². The Labute approximate surface area is 120 Å². The lowest BCUT2D eigenvalue weighted by atomic mass is 10.1. The van der Waals surface area contributed by atoms with Gasteiger partial charge < -0.3 is 20.4 Å². The van der Waals surface area contributed by atoms with Crippen LogP contribution in [0.4, 0.5) is 5.69 Å². The average Bonchev–Trinajstić information content (AvgIpc) is 2.98. The second kappa shape index (κ2) is 4.85. The number of aliphatic carboxylic acids is 1. The van der Waals surface area contributed by atoms with Gasteiger partial charge in [0.05, 0.1) is 12.5 Å². The molecule has 0 aliphatic carbocycles. The lowest BCUT2D eigenvalue weighted by molar-refractivity contribution is -0.141. The number of fused-ring (bicyclic) bond motifs is 1. The molecule has 7 heteroatoms. The number of carboxylic acids is 1. The molecule has 0 radical (unpaired) electrons. The van der Waals surface area contributed by atoms with Crippen LogP contribution in [-0.2, 0) is 16.0 Å². The first-order valence-corrected chi connectivity index (χ1v) is 6.60. The van der Waals surface area contributed by atoms with Gasteiger partial charge >= 0.3 is 5.97 Å². The van der Waals surface area contributed by atoms with Crippen LogP contribution in [0, 0.1) is 0 Å². The van der Waals surface area contributed by atoms with Crippen molar-refractivity contribution < 1.29 is 24.6 Å². The largest absolute Gasteiger partial charge is 0.480 e. The predicted octanol–water partition coefficient (Wildman–Crippen LogP) is -0.159. The van der Waals surface area contributed by atoms with Crippen LogP contribution in [0.2, 0.25) is 0 Å². The van der Waals surface area contributed by atoms with Crippen LogP contribution < -0.4 is 5.32 Å². The summed E-state index contributed by atoms with van der Waals surface area (Å²) < 4.78 is 0. The number of hydrogen-bond donors (Lipinski definition) is 3. The molecule has 1 saturated heterocycles. The predicted molar refractivity (Wildman–Crippen MR) is 71.9 cm³/mol. The first-order chi connectivity index (χ1) is 9.95. The summed E-state index contributed by atoms with van der Waals surface area (Å²) in [5.41, 5.74) is 1.72. The highest BCUT2D eigenvalue weighted by atomic mass is 16.4. The van der Waals surface area contributed by atoms with E-state index in [0.29, 0.717) is 11.3 Å². The van der Waals surface area contributed by atoms with Crippen LogP contribution in [0.3, 0.4) is 0 Å². The molecule has 3 rings (SSSR count). The molecule has 110 valence electrons. The van der Waals surface area contributed by atoms with Crippen molar-refractivity contribution in [3.05, 3.63) is 29.3 Å². The number of benzene rings is 1. The fraction of sp³-hybridized carbons (Fsp3) is 0.357. The number of amides is 2. The van der Waals surface area contributed by atoms with Gasteiger partial charge in [-0.1, -0.05) is 0 Å². The Kier molecular flexibility index (Phi) is 3.13. The number of nitrogens with zero attached hydrogens (tertiary/aromatic N) is 1. The molecule has 7 nitrogen and oxygen atoms in total. The molecule has 3 N–H and O–H groups in total. The number of aliphatic hydroxyl groups excluding tert-OH is 1. The number of anilines is 1. The molecule has 0 bridgehead atoms. The van der Waals surface area contributed by atoms with E-state index in [1.807, 2.05) is 0 Å². The molecule has 21 heavy (non-hydrogen) atoms. The highest BCUT2D eigenvalue weighted by molar-refractivity contribution is 6.02. The number of nitrogens with one attached hydrogen (secondary N) is 1. The number of hydrogen-bond acceptors (Lipinski definition) is 4.